The normalized spacial score (nSPS) is 23.0. The van der Waals surface area contributed by atoms with Crippen LogP contribution in [0.5, 0.6) is 0 Å². The summed E-state index contributed by atoms with van der Waals surface area (Å²) in [6.07, 6.45) is 5.61. The second-order valence-electron chi connectivity index (χ2n) is 20.3. The van der Waals surface area contributed by atoms with Gasteiger partial charge in [0.2, 0.25) is 17.7 Å². The lowest BCUT2D eigenvalue weighted by atomic mass is 9.83. The van der Waals surface area contributed by atoms with Gasteiger partial charge in [-0.3, -0.25) is 33.7 Å². The number of methoxy groups -OCH3 is 2. The second-order valence-corrected chi connectivity index (χ2v) is 20.3. The minimum absolute atomic E-state index is 0.0120. The average Bonchev–Trinajstić information content (AvgIpc) is 4.06. The minimum Gasteiger partial charge on any atom is -0.481 e. The van der Waals surface area contributed by atoms with Gasteiger partial charge in [-0.25, -0.2) is 0 Å². The van der Waals surface area contributed by atoms with E-state index in [-0.39, 0.29) is 84.9 Å². The first kappa shape index (κ1) is 55.8. The molecule has 1 aromatic carbocycles. The number of hydrogen-bond acceptors (Lipinski definition) is 11. The molecule has 15 heteroatoms. The van der Waals surface area contributed by atoms with Crippen LogP contribution in [-0.2, 0) is 49.4 Å². The number of Topliss-reactive ketones (excluding diaryl/α,β-unsaturated/α-hetero) is 2. The number of nitrogens with one attached hydrogen (secondary N) is 2. The fourth-order valence-electron chi connectivity index (χ4n) is 11.1. The van der Waals surface area contributed by atoms with Crippen LogP contribution in [0.4, 0.5) is 0 Å². The molecule has 3 amide bonds. The van der Waals surface area contributed by atoms with Crippen molar-refractivity contribution >= 4 is 35.3 Å². The lowest BCUT2D eigenvalue weighted by Gasteiger charge is -2.41. The first-order chi connectivity index (χ1) is 31.9. The van der Waals surface area contributed by atoms with Crippen LogP contribution < -0.4 is 10.6 Å². The molecule has 2 aliphatic heterocycles. The summed E-state index contributed by atoms with van der Waals surface area (Å²) in [5.74, 6) is -2.69. The van der Waals surface area contributed by atoms with Crippen molar-refractivity contribution in [3.63, 3.8) is 0 Å². The van der Waals surface area contributed by atoms with Gasteiger partial charge in [-0.15, -0.1) is 0 Å². The van der Waals surface area contributed by atoms with E-state index >= 15 is 0 Å². The molecule has 3 N–H and O–H groups in total. The number of ether oxygens (including phenoxy) is 3. The number of amides is 3. The summed E-state index contributed by atoms with van der Waals surface area (Å²) in [4.78, 5) is 85.9. The van der Waals surface area contributed by atoms with Gasteiger partial charge in [-0.05, 0) is 81.4 Å². The smallest absolute Gasteiger partial charge is 0.306 e. The van der Waals surface area contributed by atoms with Crippen molar-refractivity contribution in [3.8, 4) is 0 Å². The fraction of sp³-hybridized carbons (Fsp3) is 0.769. The molecule has 2 heterocycles. The summed E-state index contributed by atoms with van der Waals surface area (Å²) < 4.78 is 17.9. The number of ketones is 2. The van der Waals surface area contributed by atoms with Gasteiger partial charge in [-0.2, -0.15) is 0 Å². The van der Waals surface area contributed by atoms with Crippen LogP contribution in [0.2, 0.25) is 0 Å². The molecule has 1 aromatic rings. The van der Waals surface area contributed by atoms with Crippen LogP contribution in [0.1, 0.15) is 111 Å². The highest BCUT2D eigenvalue weighted by atomic mass is 16.5. The number of likely N-dealkylation sites (tertiary alicyclic amines) is 2. The van der Waals surface area contributed by atoms with Gasteiger partial charge in [0.25, 0.3) is 0 Å². The molecule has 3 aliphatic rings. The number of nitrogens with zero attached hydrogens (tertiary/aromatic N) is 3. The number of carboxylic acid groups (broad SMARTS) is 1. The molecule has 2 saturated heterocycles. The first-order valence-corrected chi connectivity index (χ1v) is 25.1. The zero-order chi connectivity index (χ0) is 49.4. The molecule has 1 unspecified atom stereocenters. The van der Waals surface area contributed by atoms with E-state index in [0.29, 0.717) is 64.1 Å². The van der Waals surface area contributed by atoms with Crippen molar-refractivity contribution in [3.05, 3.63) is 35.9 Å². The number of hydrogen-bond donors (Lipinski definition) is 3. The SMILES string of the molecule is CC[C@H](C)[C@@H]([C@@H](CC(=O)N1CCC[C@H]1[C@H](OC)[C@@H](C)C(=O)C[C@H](CNCCOCCNC(=O)CC(C)C(=O)O)Cc1ccccc1)OC)N(C)C(=O)[C@@H](CC(=O)[C@@H]1[C@H]2CC[C@H](C2)N1C)C(C)C. The number of carboxylic acids is 1. The highest BCUT2D eigenvalue weighted by Crippen LogP contribution is 2.42. The van der Waals surface area contributed by atoms with E-state index in [0.717, 1.165) is 37.7 Å². The molecular formula is C52H85N5O10. The summed E-state index contributed by atoms with van der Waals surface area (Å²) in [7, 11) is 7.07. The predicted octanol–water partition coefficient (Wildman–Crippen LogP) is 5.27. The number of fused-ring (bicyclic) bond motifs is 2. The zero-order valence-corrected chi connectivity index (χ0v) is 42.4. The summed E-state index contributed by atoms with van der Waals surface area (Å²) in [6.45, 7) is 14.2. The lowest BCUT2D eigenvalue weighted by Crippen LogP contribution is -2.54. The Hall–Kier alpha value is -3.76. The minimum atomic E-state index is -1.01. The van der Waals surface area contributed by atoms with E-state index in [1.165, 1.54) is 6.92 Å². The Balaban J connectivity index is 1.37. The predicted molar refractivity (Wildman–Crippen MR) is 258 cm³/mol. The topological polar surface area (TPSA) is 184 Å². The van der Waals surface area contributed by atoms with Crippen LogP contribution in [0.25, 0.3) is 0 Å². The molecule has 1 aliphatic carbocycles. The van der Waals surface area contributed by atoms with E-state index in [2.05, 4.69) is 48.6 Å². The van der Waals surface area contributed by atoms with Gasteiger partial charge in [0.05, 0.1) is 55.9 Å². The molecule has 2 bridgehead atoms. The Labute approximate surface area is 401 Å². The van der Waals surface area contributed by atoms with Gasteiger partial charge >= 0.3 is 5.97 Å². The zero-order valence-electron chi connectivity index (χ0n) is 42.4. The second kappa shape index (κ2) is 27.4. The van der Waals surface area contributed by atoms with Crippen molar-refractivity contribution in [2.45, 2.75) is 149 Å². The van der Waals surface area contributed by atoms with Crippen LogP contribution in [0.15, 0.2) is 30.3 Å². The van der Waals surface area contributed by atoms with Gasteiger partial charge in [0.1, 0.15) is 5.78 Å². The highest BCUT2D eigenvalue weighted by molar-refractivity contribution is 5.90. The number of benzene rings is 1. The van der Waals surface area contributed by atoms with E-state index in [4.69, 9.17) is 19.3 Å². The summed E-state index contributed by atoms with van der Waals surface area (Å²) >= 11 is 0. The van der Waals surface area contributed by atoms with E-state index in [1.54, 1.807) is 26.2 Å². The third-order valence-corrected chi connectivity index (χ3v) is 15.3. The molecule has 378 valence electrons. The number of carbonyl (C=O) groups is 6. The molecule has 67 heavy (non-hydrogen) atoms. The van der Waals surface area contributed by atoms with Crippen LogP contribution in [0, 0.1) is 41.4 Å². The lowest BCUT2D eigenvalue weighted by molar-refractivity contribution is -0.149. The van der Waals surface area contributed by atoms with Gasteiger partial charge < -0.3 is 39.8 Å². The maximum absolute atomic E-state index is 14.5. The molecule has 12 atom stereocenters. The van der Waals surface area contributed by atoms with E-state index in [9.17, 15) is 28.8 Å². The van der Waals surface area contributed by atoms with Crippen LogP contribution in [-0.4, -0.2) is 159 Å². The molecule has 0 radical (unpaired) electrons. The van der Waals surface area contributed by atoms with Gasteiger partial charge in [0, 0.05) is 78.0 Å². The number of rotatable bonds is 31. The van der Waals surface area contributed by atoms with Crippen molar-refractivity contribution in [1.29, 1.82) is 0 Å². The number of piperidine rings is 1. The first-order valence-electron chi connectivity index (χ1n) is 25.1. The average molecular weight is 940 g/mol. The Morgan fingerprint density at radius 1 is 0.896 bits per heavy atom. The third kappa shape index (κ3) is 15.6. The molecule has 0 spiro atoms. The van der Waals surface area contributed by atoms with E-state index in [1.807, 2.05) is 43.9 Å². The maximum Gasteiger partial charge on any atom is 0.306 e. The molecule has 4 rings (SSSR count). The number of likely N-dealkylation sites (N-methyl/N-ethyl adjacent to an activating group) is 2. The largest absolute Gasteiger partial charge is 0.481 e. The van der Waals surface area contributed by atoms with E-state index < -0.39 is 42.0 Å². The van der Waals surface area contributed by atoms with Crippen molar-refractivity contribution < 1.29 is 48.1 Å². The third-order valence-electron chi connectivity index (χ3n) is 15.3. The van der Waals surface area contributed by atoms with Gasteiger partial charge in [0.15, 0.2) is 5.78 Å². The van der Waals surface area contributed by atoms with Crippen LogP contribution >= 0.6 is 0 Å². The summed E-state index contributed by atoms with van der Waals surface area (Å²) in [5, 5.41) is 15.1. The van der Waals surface area contributed by atoms with Gasteiger partial charge in [-0.1, -0.05) is 78.3 Å². The molecule has 15 nitrogen and oxygen atoms in total. The molecular weight excluding hydrogens is 855 g/mol. The summed E-state index contributed by atoms with van der Waals surface area (Å²) in [5.41, 5.74) is 1.13. The Morgan fingerprint density at radius 2 is 1.60 bits per heavy atom. The number of aliphatic carboxylic acids is 1. The monoisotopic (exact) mass is 940 g/mol. The Kier molecular flexibility index (Phi) is 22.9. The van der Waals surface area contributed by atoms with Crippen LogP contribution in [0.3, 0.4) is 0 Å². The highest BCUT2D eigenvalue weighted by Gasteiger charge is 2.48. The molecule has 1 saturated carbocycles. The summed E-state index contributed by atoms with van der Waals surface area (Å²) in [6, 6.07) is 9.71. The van der Waals surface area contributed by atoms with Crippen molar-refractivity contribution in [1.82, 2.24) is 25.3 Å². The standard InChI is InChI=1S/C52H85N5O10/c1-11-34(4)48(56(8)51(62)41(33(2)3)30-44(59)49-39-19-20-40(29-39)55(49)7)45(65-9)31-47(61)57-23-15-18-42(57)50(66-10)36(6)43(58)28-38(27-37-16-13-12-14-17-37)32-53-21-24-67-25-22-54-46(60)26-35(5)52(63)64/h12-14,16-17,33-36,38-42,45,48-50,53H,11,15,18-32H2,1-10H3,(H,54,60)(H,63,64)/t34-,35?,36-,38+,39-,40+,41-,42-,45+,48-,49-,50+/m0/s1. The fourth-order valence-corrected chi connectivity index (χ4v) is 11.1. The molecule has 0 aromatic heterocycles. The van der Waals surface area contributed by atoms with Crippen molar-refractivity contribution in [2.24, 2.45) is 41.4 Å². The maximum atomic E-state index is 14.5. The van der Waals surface area contributed by atoms with Crippen molar-refractivity contribution in [2.75, 3.05) is 67.7 Å². The Morgan fingerprint density at radius 3 is 2.21 bits per heavy atom. The molecule has 3 fully saturated rings. The quantitative estimate of drug-likeness (QED) is 0.0822. The Bertz CT molecular complexity index is 1750. The number of carbonyl (C=O) groups excluding carboxylic acids is 5.